The molecule has 0 bridgehead atoms. The Morgan fingerprint density at radius 1 is 1.47 bits per heavy atom. The van der Waals surface area contributed by atoms with Crippen molar-refractivity contribution in [3.05, 3.63) is 23.8 Å². The second-order valence-corrected chi connectivity index (χ2v) is 3.36. The smallest absolute Gasteiger partial charge is 0.309 e. The third-order valence-corrected chi connectivity index (χ3v) is 2.37. The number of carbonyl (C=O) groups excluding carboxylic acids is 1. The number of allylic oxidation sites excluding steroid dienone is 1. The van der Waals surface area contributed by atoms with E-state index in [9.17, 15) is 15.0 Å². The van der Waals surface area contributed by atoms with Crippen molar-refractivity contribution in [1.29, 1.82) is 0 Å². The van der Waals surface area contributed by atoms with Crippen LogP contribution in [0.4, 0.5) is 0 Å². The van der Waals surface area contributed by atoms with Crippen LogP contribution in [-0.4, -0.2) is 27.9 Å². The molecule has 1 aliphatic rings. The van der Waals surface area contributed by atoms with Gasteiger partial charge in [-0.25, -0.2) is 0 Å². The van der Waals surface area contributed by atoms with Gasteiger partial charge < -0.3 is 14.9 Å². The van der Waals surface area contributed by atoms with Gasteiger partial charge in [-0.15, -0.1) is 0 Å². The third-order valence-electron chi connectivity index (χ3n) is 2.37. The van der Waals surface area contributed by atoms with Gasteiger partial charge in [-0.05, 0) is 5.57 Å². The number of esters is 1. The van der Waals surface area contributed by atoms with E-state index >= 15 is 0 Å². The Labute approximate surface area is 86.2 Å². The normalized spacial score (nSPS) is 18.5. The molecule has 0 radical (unpaired) electrons. The van der Waals surface area contributed by atoms with Crippen LogP contribution in [0, 0.1) is 0 Å². The molecule has 1 aliphatic carbocycles. The molecule has 5 nitrogen and oxygen atoms in total. The Morgan fingerprint density at radius 3 is 2.60 bits per heavy atom. The van der Waals surface area contributed by atoms with E-state index in [4.69, 9.17) is 0 Å². The topological polar surface area (TPSA) is 71.7 Å². The number of carbonyl (C=O) groups is 1. The average Bonchev–Trinajstić information content (AvgIpc) is 2.86. The molecule has 2 rings (SSSR count). The lowest BCUT2D eigenvalue weighted by Crippen LogP contribution is -2.02. The van der Waals surface area contributed by atoms with Crippen molar-refractivity contribution in [3.8, 4) is 11.8 Å². The summed E-state index contributed by atoms with van der Waals surface area (Å²) in [7, 11) is 1.32. The van der Waals surface area contributed by atoms with Crippen LogP contribution in [0.2, 0.25) is 0 Å². The van der Waals surface area contributed by atoms with Gasteiger partial charge in [-0.2, -0.15) is 0 Å². The molecule has 5 heteroatoms. The fourth-order valence-electron chi connectivity index (χ4n) is 1.51. The number of aromatic nitrogens is 1. The first-order valence-electron chi connectivity index (χ1n) is 4.50. The maximum atomic E-state index is 10.9. The molecular formula is C10H11NO4. The molecule has 0 aliphatic heterocycles. The van der Waals surface area contributed by atoms with E-state index in [1.807, 2.05) is 0 Å². The highest BCUT2D eigenvalue weighted by atomic mass is 16.5. The van der Waals surface area contributed by atoms with Gasteiger partial charge in [0.1, 0.15) is 0 Å². The Balaban J connectivity index is 2.04. The molecule has 1 aromatic heterocycles. The fraction of sp³-hybridized carbons (Fsp3) is 0.300. The quantitative estimate of drug-likeness (QED) is 0.574. The Hall–Kier alpha value is -1.91. The number of hydrogen-bond acceptors (Lipinski definition) is 4. The monoisotopic (exact) mass is 209 g/mol. The van der Waals surface area contributed by atoms with E-state index in [1.165, 1.54) is 23.8 Å². The third kappa shape index (κ3) is 1.68. The van der Waals surface area contributed by atoms with Gasteiger partial charge in [0.05, 0.1) is 19.6 Å². The van der Waals surface area contributed by atoms with Crippen molar-refractivity contribution in [2.45, 2.75) is 12.5 Å². The first-order chi connectivity index (χ1) is 7.13. The van der Waals surface area contributed by atoms with E-state index < -0.39 is 0 Å². The first-order valence-corrected chi connectivity index (χ1v) is 4.50. The molecule has 1 aromatic rings. The van der Waals surface area contributed by atoms with Gasteiger partial charge in [0.15, 0.2) is 11.8 Å². The maximum absolute atomic E-state index is 10.9. The van der Waals surface area contributed by atoms with Crippen molar-refractivity contribution < 1.29 is 19.7 Å². The van der Waals surface area contributed by atoms with Gasteiger partial charge in [-0.1, -0.05) is 6.08 Å². The molecule has 0 amide bonds. The fourth-order valence-corrected chi connectivity index (χ4v) is 1.51. The highest BCUT2D eigenvalue weighted by molar-refractivity contribution is 5.74. The zero-order chi connectivity index (χ0) is 11.0. The summed E-state index contributed by atoms with van der Waals surface area (Å²) in [5, 5.41) is 18.8. The first kappa shape index (κ1) is 9.64. The largest absolute Gasteiger partial charge is 0.494 e. The Morgan fingerprint density at radius 2 is 2.07 bits per heavy atom. The number of aromatic hydroxyl groups is 2. The minimum atomic E-state index is -0.324. The zero-order valence-electron chi connectivity index (χ0n) is 8.17. The number of nitrogens with zero attached hydrogens (tertiary/aromatic N) is 1. The lowest BCUT2D eigenvalue weighted by atomic mass is 10.3. The minimum absolute atomic E-state index is 0.0198. The van der Waals surface area contributed by atoms with Gasteiger partial charge in [0.2, 0.25) is 0 Å². The van der Waals surface area contributed by atoms with Gasteiger partial charge in [0, 0.05) is 12.1 Å². The summed E-state index contributed by atoms with van der Waals surface area (Å²) in [5.74, 6) is -0.364. The summed E-state index contributed by atoms with van der Waals surface area (Å²) in [6.45, 7) is 0. The van der Waals surface area contributed by atoms with Crippen molar-refractivity contribution in [1.82, 2.24) is 4.57 Å². The molecule has 1 heterocycles. The predicted molar refractivity (Wildman–Crippen MR) is 51.5 cm³/mol. The van der Waals surface area contributed by atoms with Crippen LogP contribution in [0.3, 0.4) is 0 Å². The second kappa shape index (κ2) is 3.34. The molecule has 1 atom stereocenters. The summed E-state index contributed by atoms with van der Waals surface area (Å²) in [5.41, 5.74) is 0.837. The molecule has 0 fully saturated rings. The van der Waals surface area contributed by atoms with E-state index in [2.05, 4.69) is 4.74 Å². The van der Waals surface area contributed by atoms with Crippen LogP contribution in [0.25, 0.3) is 0 Å². The highest BCUT2D eigenvalue weighted by Crippen LogP contribution is 2.42. The summed E-state index contributed by atoms with van der Waals surface area (Å²) < 4.78 is 5.86. The lowest BCUT2D eigenvalue weighted by molar-refractivity contribution is -0.139. The summed E-state index contributed by atoms with van der Waals surface area (Å²) in [4.78, 5) is 10.9. The standard InChI is InChI=1S/C10H11NO4/c1-15-10(14)5-6-4-7(6)11-8(12)2-3-9(11)13/h2-4,7,12-13H,5H2,1H3. The zero-order valence-corrected chi connectivity index (χ0v) is 8.17. The lowest BCUT2D eigenvalue weighted by Gasteiger charge is -2.06. The molecule has 0 aromatic carbocycles. The van der Waals surface area contributed by atoms with E-state index in [-0.39, 0.29) is 30.2 Å². The summed E-state index contributed by atoms with van der Waals surface area (Å²) >= 11 is 0. The van der Waals surface area contributed by atoms with Crippen molar-refractivity contribution >= 4 is 5.97 Å². The molecule has 2 N–H and O–H groups in total. The summed E-state index contributed by atoms with van der Waals surface area (Å²) in [6, 6.07) is 2.60. The SMILES string of the molecule is COC(=O)CC1=CC1n1c(O)ccc1O. The number of hydrogen-bond donors (Lipinski definition) is 2. The molecule has 0 spiro atoms. The molecular weight excluding hydrogens is 198 g/mol. The van der Waals surface area contributed by atoms with Crippen molar-refractivity contribution in [3.63, 3.8) is 0 Å². The maximum Gasteiger partial charge on any atom is 0.309 e. The summed E-state index contributed by atoms with van der Waals surface area (Å²) in [6.07, 6.45) is 1.98. The Kier molecular flexibility index (Phi) is 2.15. The molecule has 80 valence electrons. The van der Waals surface area contributed by atoms with E-state index in [0.717, 1.165) is 5.57 Å². The van der Waals surface area contributed by atoms with Crippen LogP contribution in [0.15, 0.2) is 23.8 Å². The molecule has 0 saturated heterocycles. The predicted octanol–water partition coefficient (Wildman–Crippen LogP) is 0.943. The number of rotatable bonds is 3. The minimum Gasteiger partial charge on any atom is -0.494 e. The molecule has 0 saturated carbocycles. The van der Waals surface area contributed by atoms with Crippen LogP contribution in [0.5, 0.6) is 11.8 Å². The van der Waals surface area contributed by atoms with Crippen LogP contribution < -0.4 is 0 Å². The average molecular weight is 209 g/mol. The van der Waals surface area contributed by atoms with Gasteiger partial charge in [-0.3, -0.25) is 9.36 Å². The number of methoxy groups -OCH3 is 1. The van der Waals surface area contributed by atoms with Gasteiger partial charge >= 0.3 is 5.97 Å². The van der Waals surface area contributed by atoms with E-state index in [0.29, 0.717) is 0 Å². The van der Waals surface area contributed by atoms with Crippen molar-refractivity contribution in [2.75, 3.05) is 7.11 Å². The van der Waals surface area contributed by atoms with Gasteiger partial charge in [0.25, 0.3) is 0 Å². The molecule has 1 unspecified atom stereocenters. The molecule has 15 heavy (non-hydrogen) atoms. The highest BCUT2D eigenvalue weighted by Gasteiger charge is 2.31. The van der Waals surface area contributed by atoms with Crippen LogP contribution in [-0.2, 0) is 9.53 Å². The van der Waals surface area contributed by atoms with E-state index in [1.54, 1.807) is 6.08 Å². The van der Waals surface area contributed by atoms with Crippen LogP contribution >= 0.6 is 0 Å². The number of ether oxygens (including phenoxy) is 1. The second-order valence-electron chi connectivity index (χ2n) is 3.36. The van der Waals surface area contributed by atoms with Crippen molar-refractivity contribution in [2.24, 2.45) is 0 Å². The van der Waals surface area contributed by atoms with Crippen LogP contribution in [0.1, 0.15) is 12.5 Å². The Bertz CT molecular complexity index is 413.